The zero-order chi connectivity index (χ0) is 17.3. The third-order valence-corrected chi connectivity index (χ3v) is 6.35. The van der Waals surface area contributed by atoms with Gasteiger partial charge in [0.1, 0.15) is 4.90 Å². The van der Waals surface area contributed by atoms with Crippen LogP contribution in [0.2, 0.25) is 0 Å². The van der Waals surface area contributed by atoms with E-state index in [2.05, 4.69) is 11.1 Å². The monoisotopic (exact) mass is 346 g/mol. The second-order valence-electron chi connectivity index (χ2n) is 5.90. The minimum atomic E-state index is -3.79. The number of nitrogens with zero attached hydrogens (tertiary/aromatic N) is 2. The van der Waals surface area contributed by atoms with E-state index in [9.17, 15) is 13.2 Å². The van der Waals surface area contributed by atoms with Crippen LogP contribution in [-0.2, 0) is 22.9 Å². The van der Waals surface area contributed by atoms with Crippen molar-refractivity contribution < 1.29 is 18.3 Å². The Labute approximate surface area is 140 Å². The van der Waals surface area contributed by atoms with Gasteiger partial charge in [-0.25, -0.2) is 13.2 Å². The number of benzene rings is 1. The first-order chi connectivity index (χ1) is 11.4. The fourth-order valence-electron chi connectivity index (χ4n) is 3.03. The normalized spacial score (nSPS) is 17.5. The van der Waals surface area contributed by atoms with Crippen molar-refractivity contribution in [2.24, 2.45) is 0 Å². The molecule has 1 aromatic heterocycles. The Kier molecular flexibility index (Phi) is 4.38. The van der Waals surface area contributed by atoms with E-state index in [0.29, 0.717) is 6.42 Å². The lowest BCUT2D eigenvalue weighted by molar-refractivity contribution is 0.0696. The standard InChI is InChI=1S/C17H18N2O4S/c1-19(15-7-6-12-4-2-3-5-13(12)8-15)24(22,23)16-9-14(17(20)21)10-18-11-16/h2-5,9-11,15H,6-8H2,1H3,(H,20,21). The highest BCUT2D eigenvalue weighted by atomic mass is 32.2. The maximum absolute atomic E-state index is 12.8. The van der Waals surface area contributed by atoms with Gasteiger partial charge in [-0.05, 0) is 36.5 Å². The summed E-state index contributed by atoms with van der Waals surface area (Å²) < 4.78 is 27.0. The third-order valence-electron chi connectivity index (χ3n) is 4.47. The molecule has 7 heteroatoms. The number of fused-ring (bicyclic) bond motifs is 1. The van der Waals surface area contributed by atoms with Crippen molar-refractivity contribution >= 4 is 16.0 Å². The molecule has 1 N–H and O–H groups in total. The molecule has 24 heavy (non-hydrogen) atoms. The maximum Gasteiger partial charge on any atom is 0.337 e. The van der Waals surface area contributed by atoms with Gasteiger partial charge < -0.3 is 5.11 Å². The van der Waals surface area contributed by atoms with Crippen LogP contribution in [-0.4, -0.2) is 41.9 Å². The van der Waals surface area contributed by atoms with Crippen molar-refractivity contribution in [2.75, 3.05) is 7.05 Å². The van der Waals surface area contributed by atoms with Crippen LogP contribution < -0.4 is 0 Å². The Balaban J connectivity index is 1.88. The summed E-state index contributed by atoms with van der Waals surface area (Å²) in [5.41, 5.74) is 2.28. The Morgan fingerprint density at radius 2 is 1.96 bits per heavy atom. The summed E-state index contributed by atoms with van der Waals surface area (Å²) >= 11 is 0. The molecular formula is C17H18N2O4S. The Hall–Kier alpha value is -2.25. The number of carboxylic acid groups (broad SMARTS) is 1. The van der Waals surface area contributed by atoms with Gasteiger partial charge in [0.15, 0.2) is 0 Å². The summed E-state index contributed by atoms with van der Waals surface area (Å²) in [4.78, 5) is 14.7. The van der Waals surface area contributed by atoms with E-state index in [1.165, 1.54) is 16.1 Å². The number of carboxylic acids is 1. The molecule has 0 bridgehead atoms. The van der Waals surface area contributed by atoms with Gasteiger partial charge in [-0.3, -0.25) is 4.98 Å². The number of likely N-dealkylation sites (N-methyl/N-ethyl adjacent to an activating group) is 1. The molecule has 126 valence electrons. The summed E-state index contributed by atoms with van der Waals surface area (Å²) in [7, 11) is -2.25. The molecule has 0 saturated carbocycles. The highest BCUT2D eigenvalue weighted by molar-refractivity contribution is 7.89. The van der Waals surface area contributed by atoms with E-state index in [-0.39, 0.29) is 16.5 Å². The number of aromatic nitrogens is 1. The van der Waals surface area contributed by atoms with E-state index >= 15 is 0 Å². The lowest BCUT2D eigenvalue weighted by Crippen LogP contribution is -2.40. The van der Waals surface area contributed by atoms with E-state index in [1.54, 1.807) is 7.05 Å². The molecule has 1 aromatic carbocycles. The summed E-state index contributed by atoms with van der Waals surface area (Å²) in [5, 5.41) is 9.02. The van der Waals surface area contributed by atoms with Crippen LogP contribution in [0.5, 0.6) is 0 Å². The van der Waals surface area contributed by atoms with Crippen LogP contribution >= 0.6 is 0 Å². The van der Waals surface area contributed by atoms with Gasteiger partial charge in [-0.1, -0.05) is 24.3 Å². The zero-order valence-electron chi connectivity index (χ0n) is 13.2. The molecule has 1 aliphatic rings. The molecule has 0 saturated heterocycles. The number of pyridine rings is 1. The lowest BCUT2D eigenvalue weighted by atomic mass is 9.88. The van der Waals surface area contributed by atoms with Gasteiger partial charge in [0.05, 0.1) is 5.56 Å². The van der Waals surface area contributed by atoms with Crippen LogP contribution in [0.3, 0.4) is 0 Å². The summed E-state index contributed by atoms with van der Waals surface area (Å²) in [5.74, 6) is -1.20. The van der Waals surface area contributed by atoms with Gasteiger partial charge >= 0.3 is 5.97 Å². The smallest absolute Gasteiger partial charge is 0.337 e. The average molecular weight is 346 g/mol. The first-order valence-corrected chi connectivity index (χ1v) is 9.07. The van der Waals surface area contributed by atoms with Gasteiger partial charge in [0.2, 0.25) is 10.0 Å². The number of sulfonamides is 1. The number of hydrogen-bond acceptors (Lipinski definition) is 4. The molecule has 1 atom stereocenters. The molecule has 0 spiro atoms. The molecule has 1 unspecified atom stereocenters. The molecule has 0 fully saturated rings. The second kappa shape index (κ2) is 6.33. The zero-order valence-corrected chi connectivity index (χ0v) is 14.0. The van der Waals surface area contributed by atoms with Crippen LogP contribution in [0.25, 0.3) is 0 Å². The third kappa shape index (κ3) is 3.05. The summed E-state index contributed by atoms with van der Waals surface area (Å²) in [6.45, 7) is 0. The topological polar surface area (TPSA) is 87.6 Å². The van der Waals surface area contributed by atoms with E-state index in [4.69, 9.17) is 5.11 Å². The quantitative estimate of drug-likeness (QED) is 0.914. The average Bonchev–Trinajstić information content (AvgIpc) is 2.60. The molecule has 6 nitrogen and oxygen atoms in total. The minimum Gasteiger partial charge on any atom is -0.478 e. The van der Waals surface area contributed by atoms with Crippen molar-refractivity contribution in [1.29, 1.82) is 0 Å². The SMILES string of the molecule is CN(C1CCc2ccccc2C1)S(=O)(=O)c1cncc(C(=O)O)c1. The number of aromatic carboxylic acids is 1. The highest BCUT2D eigenvalue weighted by Gasteiger charge is 2.31. The molecule has 0 aliphatic heterocycles. The lowest BCUT2D eigenvalue weighted by Gasteiger charge is -2.31. The predicted molar refractivity (Wildman–Crippen MR) is 88.4 cm³/mol. The number of hydrogen-bond donors (Lipinski definition) is 1. The van der Waals surface area contributed by atoms with Gasteiger partial charge in [0.25, 0.3) is 0 Å². The molecule has 0 amide bonds. The van der Waals surface area contributed by atoms with E-state index in [1.807, 2.05) is 18.2 Å². The largest absolute Gasteiger partial charge is 0.478 e. The van der Waals surface area contributed by atoms with Crippen LogP contribution in [0.4, 0.5) is 0 Å². The van der Waals surface area contributed by atoms with Gasteiger partial charge in [-0.15, -0.1) is 0 Å². The highest BCUT2D eigenvalue weighted by Crippen LogP contribution is 2.27. The number of aryl methyl sites for hydroxylation is 1. The van der Waals surface area contributed by atoms with Crippen LogP contribution in [0.1, 0.15) is 27.9 Å². The van der Waals surface area contributed by atoms with Crippen molar-refractivity contribution in [3.05, 3.63) is 59.4 Å². The molecule has 1 aliphatic carbocycles. The molecule has 3 rings (SSSR count). The van der Waals surface area contributed by atoms with Crippen molar-refractivity contribution in [3.8, 4) is 0 Å². The van der Waals surface area contributed by atoms with Crippen molar-refractivity contribution in [3.63, 3.8) is 0 Å². The molecule has 0 radical (unpaired) electrons. The first kappa shape index (κ1) is 16.6. The van der Waals surface area contributed by atoms with Gasteiger partial charge in [-0.2, -0.15) is 4.31 Å². The minimum absolute atomic E-state index is 0.0937. The summed E-state index contributed by atoms with van der Waals surface area (Å²) in [6, 6.07) is 9.03. The van der Waals surface area contributed by atoms with Crippen LogP contribution in [0, 0.1) is 0 Å². The van der Waals surface area contributed by atoms with E-state index < -0.39 is 16.0 Å². The fourth-order valence-corrected chi connectivity index (χ4v) is 4.40. The number of carbonyl (C=O) groups is 1. The molecular weight excluding hydrogens is 328 g/mol. The van der Waals surface area contributed by atoms with Gasteiger partial charge in [0, 0.05) is 25.5 Å². The summed E-state index contributed by atoms with van der Waals surface area (Å²) in [6.07, 6.45) is 4.54. The van der Waals surface area contributed by atoms with Crippen molar-refractivity contribution in [1.82, 2.24) is 9.29 Å². The molecule has 1 heterocycles. The second-order valence-corrected chi connectivity index (χ2v) is 7.90. The number of rotatable bonds is 4. The predicted octanol–water partition coefficient (Wildman–Crippen LogP) is 1.96. The van der Waals surface area contributed by atoms with Crippen LogP contribution in [0.15, 0.2) is 47.6 Å². The molecule has 2 aromatic rings. The first-order valence-electron chi connectivity index (χ1n) is 7.63. The van der Waals surface area contributed by atoms with E-state index in [0.717, 1.165) is 30.7 Å². The van der Waals surface area contributed by atoms with Crippen molar-refractivity contribution in [2.45, 2.75) is 30.2 Å². The fraction of sp³-hybridized carbons (Fsp3) is 0.294. The Morgan fingerprint density at radius 3 is 2.67 bits per heavy atom. The Bertz CT molecular complexity index is 880. The maximum atomic E-state index is 12.8. The Morgan fingerprint density at radius 1 is 1.25 bits per heavy atom.